The number of nitrogens with one attached hydrogen (secondary N) is 1. The number of carbonyl (C=O) groups is 1. The second-order valence-electron chi connectivity index (χ2n) is 9.72. The molecule has 1 heterocycles. The van der Waals surface area contributed by atoms with E-state index in [0.717, 1.165) is 37.3 Å². The minimum Gasteiger partial charge on any atom is -0.320 e. The average molecular weight is 442 g/mol. The molecule has 32 heavy (non-hydrogen) atoms. The maximum atomic E-state index is 11.3. The first kappa shape index (κ1) is 26.6. The molecule has 180 valence electrons. The van der Waals surface area contributed by atoms with Crippen molar-refractivity contribution < 1.29 is 4.79 Å². The van der Waals surface area contributed by atoms with Crippen LogP contribution < -0.4 is 5.32 Å². The molecule has 0 spiro atoms. The summed E-state index contributed by atoms with van der Waals surface area (Å²) in [6, 6.07) is 0. The molecule has 4 rings (SSSR count). The van der Waals surface area contributed by atoms with Crippen LogP contribution in [0, 0.1) is 35.5 Å². The highest BCUT2D eigenvalue weighted by Crippen LogP contribution is 2.65. The van der Waals surface area contributed by atoms with Crippen molar-refractivity contribution in [1.29, 1.82) is 0 Å². The summed E-state index contributed by atoms with van der Waals surface area (Å²) in [7, 11) is 2.03. The van der Waals surface area contributed by atoms with Crippen molar-refractivity contribution in [2.45, 2.75) is 87.0 Å². The highest BCUT2D eigenvalue weighted by Gasteiger charge is 2.56. The average Bonchev–Trinajstić information content (AvgIpc) is 3.39. The van der Waals surface area contributed by atoms with Crippen LogP contribution in [-0.4, -0.2) is 29.4 Å². The van der Waals surface area contributed by atoms with Crippen molar-refractivity contribution in [1.82, 2.24) is 14.9 Å². The van der Waals surface area contributed by atoms with E-state index in [4.69, 9.17) is 0 Å². The first-order chi connectivity index (χ1) is 15.4. The van der Waals surface area contributed by atoms with E-state index < -0.39 is 0 Å². The van der Waals surface area contributed by atoms with Crippen LogP contribution in [0.1, 0.15) is 85.8 Å². The Hall–Kier alpha value is -1.68. The van der Waals surface area contributed by atoms with E-state index in [9.17, 15) is 4.79 Å². The summed E-state index contributed by atoms with van der Waals surface area (Å²) in [6.07, 6.45) is 16.6. The van der Waals surface area contributed by atoms with Gasteiger partial charge in [0.25, 0.3) is 0 Å². The molecule has 2 saturated carbocycles. The predicted molar refractivity (Wildman–Crippen MR) is 136 cm³/mol. The van der Waals surface area contributed by atoms with Crippen molar-refractivity contribution in [2.24, 2.45) is 28.6 Å². The lowest BCUT2D eigenvalue weighted by atomic mass is 9.48. The van der Waals surface area contributed by atoms with Crippen LogP contribution in [0.3, 0.4) is 0 Å². The Kier molecular flexibility index (Phi) is 9.51. The SMILES string of the molecule is CC.CC.CNCCC1(C)/C(=C\C=O)CCC2C3CC=C(n4cnc(C)c4)C3(C)CCC21. The van der Waals surface area contributed by atoms with Gasteiger partial charge in [0.15, 0.2) is 0 Å². The zero-order chi connectivity index (χ0) is 23.9. The Morgan fingerprint density at radius 2 is 1.91 bits per heavy atom. The summed E-state index contributed by atoms with van der Waals surface area (Å²) in [5, 5.41) is 3.35. The molecule has 1 aromatic rings. The normalized spacial score (nSPS) is 34.3. The molecule has 5 unspecified atom stereocenters. The maximum absolute atomic E-state index is 11.3. The van der Waals surface area contributed by atoms with E-state index in [1.54, 1.807) is 0 Å². The van der Waals surface area contributed by atoms with Gasteiger partial charge >= 0.3 is 0 Å². The number of aromatic nitrogens is 2. The van der Waals surface area contributed by atoms with E-state index in [1.165, 1.54) is 37.0 Å². The summed E-state index contributed by atoms with van der Waals surface area (Å²) in [5.74, 6) is 2.12. The van der Waals surface area contributed by atoms with Gasteiger partial charge in [-0.2, -0.15) is 0 Å². The lowest BCUT2D eigenvalue weighted by molar-refractivity contribution is -0.104. The van der Waals surface area contributed by atoms with E-state index in [0.29, 0.717) is 11.8 Å². The van der Waals surface area contributed by atoms with Gasteiger partial charge < -0.3 is 9.88 Å². The number of fused-ring (bicyclic) bond motifs is 3. The van der Waals surface area contributed by atoms with E-state index in [-0.39, 0.29) is 10.8 Å². The Morgan fingerprint density at radius 1 is 1.19 bits per heavy atom. The number of rotatable bonds is 5. The molecule has 0 aliphatic heterocycles. The molecule has 0 aromatic carbocycles. The zero-order valence-electron chi connectivity index (χ0n) is 21.9. The third-order valence-corrected chi connectivity index (χ3v) is 8.43. The fraction of sp³-hybridized carbons (Fsp3) is 0.714. The van der Waals surface area contributed by atoms with E-state index >= 15 is 0 Å². The van der Waals surface area contributed by atoms with Crippen molar-refractivity contribution in [2.75, 3.05) is 13.6 Å². The fourth-order valence-corrected chi connectivity index (χ4v) is 6.91. The zero-order valence-corrected chi connectivity index (χ0v) is 21.9. The second kappa shape index (κ2) is 11.4. The number of allylic oxidation sites excluding steroid dienone is 4. The molecule has 1 aromatic heterocycles. The molecule has 3 aliphatic rings. The van der Waals surface area contributed by atoms with Crippen LogP contribution in [0.15, 0.2) is 30.2 Å². The molecular formula is C28H47N3O. The molecule has 4 heteroatoms. The molecule has 4 nitrogen and oxygen atoms in total. The number of carbonyl (C=O) groups excluding carboxylic acids is 1. The van der Waals surface area contributed by atoms with Crippen molar-refractivity contribution in [3.05, 3.63) is 35.9 Å². The minimum absolute atomic E-state index is 0.141. The van der Waals surface area contributed by atoms with Gasteiger partial charge in [-0.05, 0) is 88.3 Å². The topological polar surface area (TPSA) is 46.9 Å². The summed E-state index contributed by atoms with van der Waals surface area (Å²) in [5.41, 5.74) is 4.32. The lowest BCUT2D eigenvalue weighted by Gasteiger charge is -2.57. The summed E-state index contributed by atoms with van der Waals surface area (Å²) in [4.78, 5) is 15.8. The van der Waals surface area contributed by atoms with Gasteiger partial charge in [0.05, 0.1) is 12.0 Å². The number of hydrogen-bond donors (Lipinski definition) is 1. The molecule has 0 bridgehead atoms. The van der Waals surface area contributed by atoms with Gasteiger partial charge in [0.1, 0.15) is 6.29 Å². The number of imidazole rings is 1. The van der Waals surface area contributed by atoms with E-state index in [2.05, 4.69) is 47.9 Å². The van der Waals surface area contributed by atoms with Crippen LogP contribution in [-0.2, 0) is 4.79 Å². The van der Waals surface area contributed by atoms with Gasteiger partial charge in [-0.3, -0.25) is 4.79 Å². The van der Waals surface area contributed by atoms with Gasteiger partial charge in [-0.1, -0.05) is 53.2 Å². The Bertz CT molecular complexity index is 807. The van der Waals surface area contributed by atoms with Crippen LogP contribution >= 0.6 is 0 Å². The van der Waals surface area contributed by atoms with Crippen LogP contribution in [0.4, 0.5) is 0 Å². The summed E-state index contributed by atoms with van der Waals surface area (Å²) in [6.45, 7) is 16.0. The monoisotopic (exact) mass is 441 g/mol. The van der Waals surface area contributed by atoms with Crippen molar-refractivity contribution in [3.8, 4) is 0 Å². The van der Waals surface area contributed by atoms with E-state index in [1.807, 2.05) is 47.1 Å². The third kappa shape index (κ3) is 4.66. The lowest BCUT2D eigenvalue weighted by Crippen LogP contribution is -2.49. The number of nitrogens with zero attached hydrogens (tertiary/aromatic N) is 2. The number of aldehydes is 1. The Balaban J connectivity index is 0.000000860. The van der Waals surface area contributed by atoms with Crippen LogP contribution in [0.2, 0.25) is 0 Å². The molecule has 5 atom stereocenters. The standard InChI is InChI=1S/C24H35N3O.2C2H6/c1-17-15-27(16-26-17)22-8-7-20-19-6-5-18(10-14-28)23(2,12-13-25-4)21(19)9-11-24(20,22)3;2*1-2/h8,10,14-16,19-21,25H,5-7,9,11-13H2,1-4H3;2*1-2H3/b18-10-;;. The molecule has 3 aliphatic carbocycles. The molecule has 2 fully saturated rings. The quantitative estimate of drug-likeness (QED) is 0.410. The molecular weight excluding hydrogens is 394 g/mol. The molecule has 1 N–H and O–H groups in total. The fourth-order valence-electron chi connectivity index (χ4n) is 6.91. The van der Waals surface area contributed by atoms with Gasteiger partial charge in [0, 0.05) is 17.3 Å². The summed E-state index contributed by atoms with van der Waals surface area (Å²) >= 11 is 0. The molecule has 0 radical (unpaired) electrons. The number of hydrogen-bond acceptors (Lipinski definition) is 3. The summed E-state index contributed by atoms with van der Waals surface area (Å²) < 4.78 is 2.27. The van der Waals surface area contributed by atoms with Crippen molar-refractivity contribution in [3.63, 3.8) is 0 Å². The number of aryl methyl sites for hydroxylation is 1. The highest BCUT2D eigenvalue weighted by atomic mass is 16.1. The first-order valence-corrected chi connectivity index (χ1v) is 12.9. The van der Waals surface area contributed by atoms with Crippen LogP contribution in [0.25, 0.3) is 5.70 Å². The first-order valence-electron chi connectivity index (χ1n) is 12.9. The Morgan fingerprint density at radius 3 is 2.50 bits per heavy atom. The largest absolute Gasteiger partial charge is 0.320 e. The predicted octanol–water partition coefficient (Wildman–Crippen LogP) is 6.67. The molecule has 0 saturated heterocycles. The molecule has 0 amide bonds. The highest BCUT2D eigenvalue weighted by molar-refractivity contribution is 5.67. The van der Waals surface area contributed by atoms with Gasteiger partial charge in [0.2, 0.25) is 0 Å². The van der Waals surface area contributed by atoms with Crippen molar-refractivity contribution >= 4 is 12.0 Å². The second-order valence-corrected chi connectivity index (χ2v) is 9.72. The maximum Gasteiger partial charge on any atom is 0.142 e. The Labute approximate surface area is 197 Å². The van der Waals surface area contributed by atoms with Crippen LogP contribution in [0.5, 0.6) is 0 Å². The third-order valence-electron chi connectivity index (χ3n) is 8.43. The minimum atomic E-state index is 0.141. The smallest absolute Gasteiger partial charge is 0.142 e. The van der Waals surface area contributed by atoms with Gasteiger partial charge in [-0.15, -0.1) is 0 Å². The van der Waals surface area contributed by atoms with Gasteiger partial charge in [-0.25, -0.2) is 4.98 Å².